The second kappa shape index (κ2) is 6.86. The van der Waals surface area contributed by atoms with Gasteiger partial charge in [-0.25, -0.2) is 10.9 Å². The van der Waals surface area contributed by atoms with E-state index in [2.05, 4.69) is 5.48 Å². The van der Waals surface area contributed by atoms with E-state index in [9.17, 15) is 30.6 Å². The van der Waals surface area contributed by atoms with Crippen LogP contribution in [0.3, 0.4) is 0 Å². The van der Waals surface area contributed by atoms with Crippen molar-refractivity contribution >= 4 is 10.9 Å². The summed E-state index contributed by atoms with van der Waals surface area (Å²) >= 11 is 0. The van der Waals surface area contributed by atoms with Gasteiger partial charge in [-0.15, -0.1) is 0 Å². The minimum Gasteiger partial charge on any atom is -0.395 e. The van der Waals surface area contributed by atoms with E-state index in [0.717, 1.165) is 0 Å². The zero-order valence-corrected chi connectivity index (χ0v) is 11.8. The quantitative estimate of drug-likeness (QED) is 0.247. The molecule has 0 saturated carbocycles. The van der Waals surface area contributed by atoms with Crippen molar-refractivity contribution in [3.8, 4) is 0 Å². The van der Waals surface area contributed by atoms with Crippen LogP contribution < -0.4 is 5.48 Å². The van der Waals surface area contributed by atoms with E-state index in [4.69, 9.17) is 4.84 Å². The maximum absolute atomic E-state index is 9.90. The Balaban J connectivity index is 2.02. The predicted octanol–water partition coefficient (Wildman–Crippen LogP) is -3.93. The van der Waals surface area contributed by atoms with Crippen LogP contribution in [0.5, 0.6) is 0 Å². The number of aliphatic hydroxyl groups excluding tert-OH is 6. The van der Waals surface area contributed by atoms with Crippen molar-refractivity contribution in [3.05, 3.63) is 0 Å². The molecule has 0 bridgehead atoms. The summed E-state index contributed by atoms with van der Waals surface area (Å²) in [5.74, 6) is 0.564. The van der Waals surface area contributed by atoms with Crippen LogP contribution in [0.4, 0.5) is 0 Å². The molecule has 2 aliphatic rings. The molecule has 2 heterocycles. The highest BCUT2D eigenvalue weighted by molar-refractivity contribution is 8.17. The standard InChI is InChI=1S/C11H23NO7S/c13-2-8-11(18)10(17)6(15)3-20(8)4-7-9(16)5(14)1-12-19-7/h5-18,20H,1-4H2/t5-,6-,7-,8-,9+,10+,11-/m1/s1. The molecular weight excluding hydrogens is 290 g/mol. The van der Waals surface area contributed by atoms with Crippen LogP contribution in [0.15, 0.2) is 0 Å². The Morgan fingerprint density at radius 1 is 1.00 bits per heavy atom. The Kier molecular flexibility index (Phi) is 5.63. The van der Waals surface area contributed by atoms with Gasteiger partial charge in [-0.2, -0.15) is 5.48 Å². The van der Waals surface area contributed by atoms with Crippen LogP contribution in [-0.4, -0.2) is 97.2 Å². The van der Waals surface area contributed by atoms with Gasteiger partial charge in [-0.05, 0) is 0 Å². The zero-order valence-electron chi connectivity index (χ0n) is 10.9. The van der Waals surface area contributed by atoms with E-state index in [1.165, 1.54) is 0 Å². The highest BCUT2D eigenvalue weighted by atomic mass is 32.2. The van der Waals surface area contributed by atoms with Crippen molar-refractivity contribution in [1.82, 2.24) is 5.48 Å². The van der Waals surface area contributed by atoms with E-state index >= 15 is 0 Å². The number of hydrogen-bond donors (Lipinski definition) is 8. The minimum atomic E-state index is -1.27. The predicted molar refractivity (Wildman–Crippen MR) is 72.5 cm³/mol. The maximum Gasteiger partial charge on any atom is 0.115 e. The highest BCUT2D eigenvalue weighted by Crippen LogP contribution is 2.41. The summed E-state index contributed by atoms with van der Waals surface area (Å²) in [5.41, 5.74) is 2.53. The van der Waals surface area contributed by atoms with Gasteiger partial charge in [0.05, 0.1) is 24.9 Å². The molecule has 7 N–H and O–H groups in total. The number of aliphatic hydroxyl groups is 6. The topological polar surface area (TPSA) is 143 Å². The lowest BCUT2D eigenvalue weighted by Crippen LogP contribution is -2.57. The fourth-order valence-corrected chi connectivity index (χ4v) is 5.62. The number of hydrogen-bond acceptors (Lipinski definition) is 8. The fourth-order valence-electron chi connectivity index (χ4n) is 2.64. The van der Waals surface area contributed by atoms with Crippen LogP contribution in [0.2, 0.25) is 0 Å². The number of thiol groups is 1. The van der Waals surface area contributed by atoms with E-state index in [1.807, 2.05) is 0 Å². The Morgan fingerprint density at radius 3 is 2.35 bits per heavy atom. The first-order valence-corrected chi connectivity index (χ1v) is 8.37. The SMILES string of the molecule is OC[C@@H]1[C@@H](O)[C@@H](O)[C@H](O)C[SH]1C[C@H]1ONC[C@@H](O)[C@@H]1O. The third kappa shape index (κ3) is 3.26. The lowest BCUT2D eigenvalue weighted by atomic mass is 10.1. The third-order valence-electron chi connectivity index (χ3n) is 3.93. The van der Waals surface area contributed by atoms with Crippen molar-refractivity contribution in [2.24, 2.45) is 0 Å². The molecule has 8 nitrogen and oxygen atoms in total. The van der Waals surface area contributed by atoms with Gasteiger partial charge in [0.25, 0.3) is 0 Å². The van der Waals surface area contributed by atoms with Gasteiger partial charge in [0.15, 0.2) is 0 Å². The zero-order chi connectivity index (χ0) is 14.9. The maximum atomic E-state index is 9.90. The first-order chi connectivity index (χ1) is 9.45. The van der Waals surface area contributed by atoms with Crippen molar-refractivity contribution < 1.29 is 35.5 Å². The number of β-amino-alcohol motifs (C(OH)–C–C–N with tert-alkyl or cyclic N) is 1. The second-order valence-electron chi connectivity index (χ2n) is 5.32. The van der Waals surface area contributed by atoms with E-state index in [-0.39, 0.29) is 18.9 Å². The van der Waals surface area contributed by atoms with Gasteiger partial charge < -0.3 is 30.6 Å². The van der Waals surface area contributed by atoms with E-state index in [1.54, 1.807) is 0 Å². The minimum absolute atomic E-state index is 0.128. The van der Waals surface area contributed by atoms with Crippen molar-refractivity contribution in [3.63, 3.8) is 0 Å². The summed E-state index contributed by atoms with van der Waals surface area (Å²) in [6, 6.07) is 0. The molecule has 2 rings (SSSR count). The van der Waals surface area contributed by atoms with Crippen LogP contribution in [0.25, 0.3) is 0 Å². The molecule has 9 heteroatoms. The summed E-state index contributed by atoms with van der Waals surface area (Å²) in [7, 11) is -1.06. The lowest BCUT2D eigenvalue weighted by molar-refractivity contribution is -0.160. The molecule has 1 unspecified atom stereocenters. The smallest absolute Gasteiger partial charge is 0.115 e. The largest absolute Gasteiger partial charge is 0.395 e. The Hall–Kier alpha value is 0.0300. The molecule has 0 radical (unpaired) electrons. The summed E-state index contributed by atoms with van der Waals surface area (Å²) in [5, 5.41) is 57.5. The molecule has 0 aromatic carbocycles. The first-order valence-electron chi connectivity index (χ1n) is 6.59. The van der Waals surface area contributed by atoms with Crippen molar-refractivity contribution in [2.45, 2.75) is 41.9 Å². The van der Waals surface area contributed by atoms with Crippen molar-refractivity contribution in [2.75, 3.05) is 24.7 Å². The Morgan fingerprint density at radius 2 is 1.70 bits per heavy atom. The molecule has 2 aliphatic heterocycles. The second-order valence-corrected chi connectivity index (χ2v) is 7.89. The first kappa shape index (κ1) is 16.4. The van der Waals surface area contributed by atoms with Gasteiger partial charge in [-0.1, -0.05) is 0 Å². The van der Waals surface area contributed by atoms with Gasteiger partial charge in [-0.3, -0.25) is 4.84 Å². The molecule has 2 saturated heterocycles. The van der Waals surface area contributed by atoms with Crippen LogP contribution in [0, 0.1) is 0 Å². The molecular formula is C11H23NO7S. The van der Waals surface area contributed by atoms with E-state index in [0.29, 0.717) is 5.75 Å². The Bertz CT molecular complexity index is 323. The molecule has 8 atom stereocenters. The summed E-state index contributed by atoms with van der Waals surface area (Å²) in [6.07, 6.45) is -6.20. The third-order valence-corrected chi connectivity index (χ3v) is 7.01. The van der Waals surface area contributed by atoms with Gasteiger partial charge in [0.1, 0.15) is 18.3 Å². The molecule has 2 fully saturated rings. The average molecular weight is 313 g/mol. The molecule has 0 aromatic heterocycles. The van der Waals surface area contributed by atoms with Crippen LogP contribution in [0.1, 0.15) is 0 Å². The molecule has 0 aromatic rings. The highest BCUT2D eigenvalue weighted by Gasteiger charge is 2.43. The monoisotopic (exact) mass is 313 g/mol. The Labute approximate surface area is 119 Å². The van der Waals surface area contributed by atoms with Gasteiger partial charge in [0, 0.05) is 23.3 Å². The summed E-state index contributed by atoms with van der Waals surface area (Å²) in [6.45, 7) is -0.182. The van der Waals surface area contributed by atoms with Gasteiger partial charge in [0.2, 0.25) is 0 Å². The summed E-state index contributed by atoms with van der Waals surface area (Å²) < 4.78 is 0. The van der Waals surface area contributed by atoms with Crippen LogP contribution >= 0.6 is 10.9 Å². The van der Waals surface area contributed by atoms with Crippen LogP contribution in [-0.2, 0) is 4.84 Å². The number of nitrogens with one attached hydrogen (secondary N) is 1. The van der Waals surface area contributed by atoms with E-state index < -0.39 is 52.8 Å². The average Bonchev–Trinajstić information content (AvgIpc) is 2.42. The molecule has 20 heavy (non-hydrogen) atoms. The van der Waals surface area contributed by atoms with Crippen molar-refractivity contribution in [1.29, 1.82) is 0 Å². The molecule has 0 aliphatic carbocycles. The molecule has 0 amide bonds. The fraction of sp³-hybridized carbons (Fsp3) is 1.00. The molecule has 120 valence electrons. The molecule has 0 spiro atoms. The summed E-state index contributed by atoms with van der Waals surface area (Å²) in [4.78, 5) is 5.20. The normalized spacial score (nSPS) is 51.9. The van der Waals surface area contributed by atoms with Gasteiger partial charge >= 0.3 is 0 Å². The number of hydroxylamine groups is 1. The lowest BCUT2D eigenvalue weighted by Gasteiger charge is -2.45. The number of rotatable bonds is 3.